The van der Waals surface area contributed by atoms with E-state index < -0.39 is 11.6 Å². The molecule has 2 heterocycles. The Morgan fingerprint density at radius 1 is 1.08 bits per heavy atom. The molecule has 186 valence electrons. The van der Waals surface area contributed by atoms with Crippen LogP contribution in [0.1, 0.15) is 34.3 Å². The maximum atomic E-state index is 14.5. The molecule has 4 rings (SSSR count). The first kappa shape index (κ1) is 25.2. The van der Waals surface area contributed by atoms with E-state index in [1.807, 2.05) is 30.3 Å². The molecule has 2 amide bonds. The van der Waals surface area contributed by atoms with E-state index >= 15 is 0 Å². The number of likely N-dealkylation sites (N-methyl/N-ethyl adjacent to an activating group) is 1. The summed E-state index contributed by atoms with van der Waals surface area (Å²) < 4.78 is 28.0. The van der Waals surface area contributed by atoms with Crippen LogP contribution in [0.15, 0.2) is 79.1 Å². The van der Waals surface area contributed by atoms with Gasteiger partial charge in [-0.3, -0.25) is 14.6 Å². The Balaban J connectivity index is 1.48. The van der Waals surface area contributed by atoms with Gasteiger partial charge in [0, 0.05) is 50.7 Å². The molecule has 1 aliphatic heterocycles. The lowest BCUT2D eigenvalue weighted by Gasteiger charge is -2.40. The van der Waals surface area contributed by atoms with Crippen molar-refractivity contribution in [1.82, 2.24) is 14.8 Å². The van der Waals surface area contributed by atoms with Crippen LogP contribution >= 0.6 is 0 Å². The summed E-state index contributed by atoms with van der Waals surface area (Å²) in [5.41, 5.74) is 1.76. The van der Waals surface area contributed by atoms with Gasteiger partial charge < -0.3 is 9.80 Å². The third-order valence-electron chi connectivity index (χ3n) is 6.78. The van der Waals surface area contributed by atoms with Crippen LogP contribution in [0.4, 0.5) is 8.78 Å². The van der Waals surface area contributed by atoms with E-state index in [2.05, 4.69) is 4.98 Å². The molecule has 1 fully saturated rings. The Labute approximate surface area is 210 Å². The number of aromatic nitrogens is 1. The molecule has 0 saturated carbocycles. The number of benzene rings is 2. The van der Waals surface area contributed by atoms with Crippen LogP contribution in [0, 0.1) is 17.6 Å². The minimum Gasteiger partial charge on any atom is -0.339 e. The zero-order valence-corrected chi connectivity index (χ0v) is 20.2. The number of rotatable bonds is 7. The Morgan fingerprint density at radius 3 is 2.50 bits per heavy atom. The molecular weight excluding hydrogens is 460 g/mol. The van der Waals surface area contributed by atoms with Crippen molar-refractivity contribution < 1.29 is 18.4 Å². The van der Waals surface area contributed by atoms with Gasteiger partial charge in [-0.2, -0.15) is 0 Å². The van der Waals surface area contributed by atoms with Crippen molar-refractivity contribution in [3.63, 3.8) is 0 Å². The van der Waals surface area contributed by atoms with Gasteiger partial charge in [0.05, 0.1) is 5.56 Å². The first-order chi connectivity index (χ1) is 17.4. The van der Waals surface area contributed by atoms with Crippen LogP contribution in [0.3, 0.4) is 0 Å². The number of pyridine rings is 1. The van der Waals surface area contributed by atoms with E-state index in [-0.39, 0.29) is 30.2 Å². The van der Waals surface area contributed by atoms with Crippen molar-refractivity contribution in [3.05, 3.63) is 107 Å². The predicted molar refractivity (Wildman–Crippen MR) is 135 cm³/mol. The van der Waals surface area contributed by atoms with Crippen molar-refractivity contribution in [3.8, 4) is 0 Å². The van der Waals surface area contributed by atoms with Gasteiger partial charge in [-0.25, -0.2) is 8.78 Å². The van der Waals surface area contributed by atoms with Crippen molar-refractivity contribution in [2.45, 2.75) is 25.3 Å². The molecule has 1 saturated heterocycles. The molecule has 0 spiro atoms. The van der Waals surface area contributed by atoms with Gasteiger partial charge in [-0.1, -0.05) is 36.4 Å². The second-order valence-corrected chi connectivity index (χ2v) is 9.07. The normalized spacial score (nSPS) is 15.1. The standard InChI is InChI=1S/C29H29F2N3O2/c1-33(29(36)24-8-5-15-32-20-24)27(18-23-10-11-25(30)19-26(23)31)22-13-16-34(17-14-22)28(35)12-9-21-6-3-2-4-7-21/h2-12,15,19-20,22,27H,13-14,16-18H2,1H3/b12-9+. The number of halogens is 2. The number of likely N-dealkylation sites (tertiary alicyclic amines) is 1. The van der Waals surface area contributed by atoms with E-state index in [4.69, 9.17) is 0 Å². The Morgan fingerprint density at radius 2 is 1.83 bits per heavy atom. The summed E-state index contributed by atoms with van der Waals surface area (Å²) in [6.07, 6.45) is 8.08. The van der Waals surface area contributed by atoms with Crippen LogP contribution in [0.25, 0.3) is 6.08 Å². The van der Waals surface area contributed by atoms with E-state index in [1.165, 1.54) is 18.3 Å². The molecular formula is C29H29F2N3O2. The second-order valence-electron chi connectivity index (χ2n) is 9.07. The van der Waals surface area contributed by atoms with Gasteiger partial charge in [0.25, 0.3) is 5.91 Å². The summed E-state index contributed by atoms with van der Waals surface area (Å²) in [7, 11) is 1.71. The molecule has 2 aromatic carbocycles. The Kier molecular flexibility index (Phi) is 8.21. The molecule has 36 heavy (non-hydrogen) atoms. The highest BCUT2D eigenvalue weighted by atomic mass is 19.1. The number of piperidine rings is 1. The lowest BCUT2D eigenvalue weighted by Crippen LogP contribution is -2.48. The summed E-state index contributed by atoms with van der Waals surface area (Å²) in [5, 5.41) is 0. The minimum absolute atomic E-state index is 0.0437. The molecule has 1 aliphatic rings. The third-order valence-corrected chi connectivity index (χ3v) is 6.78. The molecule has 3 aromatic rings. The number of carbonyl (C=O) groups is 2. The zero-order chi connectivity index (χ0) is 25.5. The summed E-state index contributed by atoms with van der Waals surface area (Å²) in [4.78, 5) is 33.4. The van der Waals surface area contributed by atoms with Gasteiger partial charge in [0.2, 0.25) is 5.91 Å². The molecule has 5 nitrogen and oxygen atoms in total. The van der Waals surface area contributed by atoms with E-state index in [9.17, 15) is 18.4 Å². The van der Waals surface area contributed by atoms with Crippen LogP contribution in [0.5, 0.6) is 0 Å². The largest absolute Gasteiger partial charge is 0.339 e. The fraction of sp³-hybridized carbons (Fsp3) is 0.276. The molecule has 0 aliphatic carbocycles. The Hall–Kier alpha value is -3.87. The maximum Gasteiger partial charge on any atom is 0.255 e. The van der Waals surface area contributed by atoms with Crippen LogP contribution < -0.4 is 0 Å². The topological polar surface area (TPSA) is 53.5 Å². The molecule has 1 aromatic heterocycles. The zero-order valence-electron chi connectivity index (χ0n) is 20.2. The number of hydrogen-bond donors (Lipinski definition) is 0. The number of hydrogen-bond acceptors (Lipinski definition) is 3. The summed E-state index contributed by atoms with van der Waals surface area (Å²) in [5.74, 6) is -1.48. The molecule has 0 bridgehead atoms. The summed E-state index contributed by atoms with van der Waals surface area (Å²) in [6, 6.07) is 16.2. The van der Waals surface area contributed by atoms with Gasteiger partial charge in [-0.05, 0) is 60.6 Å². The lowest BCUT2D eigenvalue weighted by molar-refractivity contribution is -0.127. The number of amides is 2. The average Bonchev–Trinajstić information content (AvgIpc) is 2.92. The molecule has 7 heteroatoms. The molecule has 1 unspecified atom stereocenters. The van der Waals surface area contributed by atoms with Gasteiger partial charge in [0.15, 0.2) is 0 Å². The molecule has 0 N–H and O–H groups in total. The highest BCUT2D eigenvalue weighted by Gasteiger charge is 2.33. The SMILES string of the molecule is CN(C(=O)c1cccnc1)C(Cc1ccc(F)cc1F)C1CCN(C(=O)/C=C/c2ccccc2)CC1. The summed E-state index contributed by atoms with van der Waals surface area (Å²) in [6.45, 7) is 1.08. The minimum atomic E-state index is -0.636. The highest BCUT2D eigenvalue weighted by molar-refractivity contribution is 5.94. The quantitative estimate of drug-likeness (QED) is 0.439. The average molecular weight is 490 g/mol. The van der Waals surface area contributed by atoms with Gasteiger partial charge >= 0.3 is 0 Å². The fourth-order valence-corrected chi connectivity index (χ4v) is 4.72. The van der Waals surface area contributed by atoms with Crippen molar-refractivity contribution in [2.75, 3.05) is 20.1 Å². The van der Waals surface area contributed by atoms with Crippen molar-refractivity contribution in [2.24, 2.45) is 5.92 Å². The van der Waals surface area contributed by atoms with E-state index in [0.29, 0.717) is 37.1 Å². The lowest BCUT2D eigenvalue weighted by atomic mass is 9.84. The monoisotopic (exact) mass is 489 g/mol. The Bertz CT molecular complexity index is 1210. The molecule has 1 atom stereocenters. The van der Waals surface area contributed by atoms with E-state index in [1.54, 1.807) is 47.3 Å². The van der Waals surface area contributed by atoms with Gasteiger partial charge in [-0.15, -0.1) is 0 Å². The fourth-order valence-electron chi connectivity index (χ4n) is 4.72. The summed E-state index contributed by atoms with van der Waals surface area (Å²) >= 11 is 0. The highest BCUT2D eigenvalue weighted by Crippen LogP contribution is 2.28. The first-order valence-corrected chi connectivity index (χ1v) is 12.1. The van der Waals surface area contributed by atoms with Gasteiger partial charge in [0.1, 0.15) is 11.6 Å². The first-order valence-electron chi connectivity index (χ1n) is 12.1. The van der Waals surface area contributed by atoms with Crippen LogP contribution in [-0.2, 0) is 11.2 Å². The van der Waals surface area contributed by atoms with E-state index in [0.717, 1.165) is 11.6 Å². The second kappa shape index (κ2) is 11.7. The van der Waals surface area contributed by atoms with Crippen LogP contribution in [-0.4, -0.2) is 52.8 Å². The number of carbonyl (C=O) groups excluding carboxylic acids is 2. The number of nitrogens with zero attached hydrogens (tertiary/aromatic N) is 3. The predicted octanol–water partition coefficient (Wildman–Crippen LogP) is 5.00. The molecule has 0 radical (unpaired) electrons. The van der Waals surface area contributed by atoms with Crippen LogP contribution in [0.2, 0.25) is 0 Å². The maximum absolute atomic E-state index is 14.5. The smallest absolute Gasteiger partial charge is 0.255 e. The van der Waals surface area contributed by atoms with Crippen molar-refractivity contribution in [1.29, 1.82) is 0 Å². The van der Waals surface area contributed by atoms with Crippen molar-refractivity contribution >= 4 is 17.9 Å². The third kappa shape index (κ3) is 6.22.